The Morgan fingerprint density at radius 3 is 2.17 bits per heavy atom. The third-order valence-electron chi connectivity index (χ3n) is 7.53. The number of nitrogens with one attached hydrogen (secondary N) is 2. The number of methoxy groups -OCH3 is 2. The topological polar surface area (TPSA) is 97.0 Å². The molecule has 9 heteroatoms. The molecule has 4 rings (SSSR count). The maximum atomic E-state index is 15.8. The quantitative estimate of drug-likeness (QED) is 0.516. The van der Waals surface area contributed by atoms with Crippen LogP contribution in [0.15, 0.2) is 36.4 Å². The molecule has 3 atom stereocenters. The normalized spacial score (nSPS) is 20.3. The van der Waals surface area contributed by atoms with Crippen LogP contribution >= 0.6 is 0 Å². The number of carbonyl (C=O) groups excluding carboxylic acids is 3. The number of piperazine rings is 1. The van der Waals surface area contributed by atoms with Gasteiger partial charge in [-0.05, 0) is 69.1 Å². The minimum atomic E-state index is -1.41. The molecule has 0 bridgehead atoms. The Hall–Kier alpha value is -3.62. The summed E-state index contributed by atoms with van der Waals surface area (Å²) in [4.78, 5) is 43.4. The average Bonchev–Trinajstić information content (AvgIpc) is 3.31. The SMILES string of the molecule is COc1cc(F)c([C@H](C(=O)NC(C)(C)C)N2C(=O)[C@@H](C3Cc4ccccc4C3)NC(=O)[C@H]2CC(C)C)cc1OC. The molecule has 0 radical (unpaired) electrons. The lowest BCUT2D eigenvalue weighted by Crippen LogP contribution is -2.67. The Morgan fingerprint density at radius 2 is 1.65 bits per heavy atom. The summed E-state index contributed by atoms with van der Waals surface area (Å²) in [5.41, 5.74) is 1.53. The van der Waals surface area contributed by atoms with E-state index in [1.54, 1.807) is 0 Å². The van der Waals surface area contributed by atoms with Crippen LogP contribution in [0.4, 0.5) is 4.39 Å². The van der Waals surface area contributed by atoms with Crippen molar-refractivity contribution in [2.45, 2.75) is 77.5 Å². The summed E-state index contributed by atoms with van der Waals surface area (Å²) in [5, 5.41) is 5.89. The van der Waals surface area contributed by atoms with Gasteiger partial charge in [0.15, 0.2) is 11.5 Å². The number of nitrogens with zero attached hydrogens (tertiary/aromatic N) is 1. The molecule has 3 amide bonds. The first kappa shape index (κ1) is 29.4. The zero-order chi connectivity index (χ0) is 29.4. The van der Waals surface area contributed by atoms with E-state index in [1.807, 2.05) is 58.9 Å². The van der Waals surface area contributed by atoms with Crippen molar-refractivity contribution in [1.29, 1.82) is 0 Å². The molecule has 1 fully saturated rings. The summed E-state index contributed by atoms with van der Waals surface area (Å²) in [6, 6.07) is 7.28. The molecular weight excluding hydrogens is 513 g/mol. The number of hydrogen-bond donors (Lipinski definition) is 2. The first-order valence-corrected chi connectivity index (χ1v) is 13.8. The van der Waals surface area contributed by atoms with Crippen molar-refractivity contribution in [3.63, 3.8) is 0 Å². The number of ether oxygens (including phenoxy) is 2. The maximum absolute atomic E-state index is 15.8. The number of halogens is 1. The van der Waals surface area contributed by atoms with E-state index < -0.39 is 41.3 Å². The van der Waals surface area contributed by atoms with E-state index in [-0.39, 0.29) is 34.8 Å². The van der Waals surface area contributed by atoms with E-state index in [9.17, 15) is 14.4 Å². The van der Waals surface area contributed by atoms with Crippen LogP contribution < -0.4 is 20.1 Å². The molecule has 2 aromatic carbocycles. The van der Waals surface area contributed by atoms with Crippen molar-refractivity contribution in [3.8, 4) is 11.5 Å². The molecule has 40 heavy (non-hydrogen) atoms. The third kappa shape index (κ3) is 5.93. The summed E-state index contributed by atoms with van der Waals surface area (Å²) >= 11 is 0. The Balaban J connectivity index is 1.84. The molecule has 0 unspecified atom stereocenters. The van der Waals surface area contributed by atoms with Crippen molar-refractivity contribution in [2.24, 2.45) is 11.8 Å². The van der Waals surface area contributed by atoms with Gasteiger partial charge in [0.05, 0.1) is 14.2 Å². The Kier molecular flexibility index (Phi) is 8.42. The van der Waals surface area contributed by atoms with E-state index in [0.29, 0.717) is 19.3 Å². The van der Waals surface area contributed by atoms with E-state index >= 15 is 4.39 Å². The van der Waals surface area contributed by atoms with Gasteiger partial charge in [0.25, 0.3) is 0 Å². The summed E-state index contributed by atoms with van der Waals surface area (Å²) in [5.74, 6) is -1.85. The van der Waals surface area contributed by atoms with Gasteiger partial charge < -0.3 is 25.0 Å². The summed E-state index contributed by atoms with van der Waals surface area (Å²) in [6.45, 7) is 9.30. The highest BCUT2D eigenvalue weighted by Gasteiger charge is 2.50. The minimum Gasteiger partial charge on any atom is -0.493 e. The van der Waals surface area contributed by atoms with Gasteiger partial charge >= 0.3 is 0 Å². The van der Waals surface area contributed by atoms with Gasteiger partial charge in [-0.1, -0.05) is 38.1 Å². The molecule has 1 aliphatic heterocycles. The van der Waals surface area contributed by atoms with Crippen molar-refractivity contribution < 1.29 is 28.2 Å². The van der Waals surface area contributed by atoms with Gasteiger partial charge in [0, 0.05) is 17.2 Å². The molecule has 2 N–H and O–H groups in total. The molecule has 8 nitrogen and oxygen atoms in total. The van der Waals surface area contributed by atoms with Crippen LogP contribution in [0, 0.1) is 17.7 Å². The summed E-state index contributed by atoms with van der Waals surface area (Å²) < 4.78 is 26.5. The highest BCUT2D eigenvalue weighted by atomic mass is 19.1. The number of carbonyl (C=O) groups is 3. The number of hydrogen-bond acceptors (Lipinski definition) is 5. The summed E-state index contributed by atoms with van der Waals surface area (Å²) in [7, 11) is 2.81. The minimum absolute atomic E-state index is 0.0277. The number of rotatable bonds is 8. The van der Waals surface area contributed by atoms with E-state index in [0.717, 1.165) is 17.2 Å². The molecule has 2 aromatic rings. The van der Waals surface area contributed by atoms with Crippen molar-refractivity contribution >= 4 is 17.7 Å². The predicted molar refractivity (Wildman–Crippen MR) is 150 cm³/mol. The fourth-order valence-corrected chi connectivity index (χ4v) is 5.81. The van der Waals surface area contributed by atoms with Crippen molar-refractivity contribution in [2.75, 3.05) is 14.2 Å². The average molecular weight is 554 g/mol. The second-order valence-corrected chi connectivity index (χ2v) is 12.2. The lowest BCUT2D eigenvalue weighted by atomic mass is 9.87. The van der Waals surface area contributed by atoms with Crippen LogP contribution in [0.1, 0.15) is 63.8 Å². The van der Waals surface area contributed by atoms with Gasteiger partial charge in [-0.15, -0.1) is 0 Å². The van der Waals surface area contributed by atoms with Crippen LogP contribution in [0.25, 0.3) is 0 Å². The summed E-state index contributed by atoms with van der Waals surface area (Å²) in [6.07, 6.45) is 1.56. The van der Waals surface area contributed by atoms with E-state index in [4.69, 9.17) is 9.47 Å². The predicted octanol–water partition coefficient (Wildman–Crippen LogP) is 3.96. The first-order valence-electron chi connectivity index (χ1n) is 13.8. The van der Waals surface area contributed by atoms with Crippen LogP contribution in [0.5, 0.6) is 11.5 Å². The molecule has 216 valence electrons. The maximum Gasteiger partial charge on any atom is 0.247 e. The molecule has 1 saturated heterocycles. The zero-order valence-electron chi connectivity index (χ0n) is 24.3. The Morgan fingerprint density at radius 1 is 1.07 bits per heavy atom. The van der Waals surface area contributed by atoms with Gasteiger partial charge in [0.2, 0.25) is 17.7 Å². The highest BCUT2D eigenvalue weighted by Crippen LogP contribution is 2.39. The molecule has 2 aliphatic rings. The smallest absolute Gasteiger partial charge is 0.247 e. The second-order valence-electron chi connectivity index (χ2n) is 12.2. The van der Waals surface area contributed by atoms with Crippen molar-refractivity contribution in [3.05, 3.63) is 58.9 Å². The van der Waals surface area contributed by atoms with Gasteiger partial charge in [0.1, 0.15) is 23.9 Å². The Bertz CT molecular complexity index is 1260. The number of amides is 3. The largest absolute Gasteiger partial charge is 0.493 e. The van der Waals surface area contributed by atoms with Crippen LogP contribution in [0.2, 0.25) is 0 Å². The van der Waals surface area contributed by atoms with E-state index in [2.05, 4.69) is 10.6 Å². The molecular formula is C31H40FN3O5. The fraction of sp³-hybridized carbons (Fsp3) is 0.516. The molecule has 1 heterocycles. The van der Waals surface area contributed by atoms with Crippen molar-refractivity contribution in [1.82, 2.24) is 15.5 Å². The fourth-order valence-electron chi connectivity index (χ4n) is 5.81. The van der Waals surface area contributed by atoms with Crippen LogP contribution in [0.3, 0.4) is 0 Å². The monoisotopic (exact) mass is 553 g/mol. The van der Waals surface area contributed by atoms with E-state index in [1.165, 1.54) is 25.2 Å². The standard InChI is InChI=1S/C31H40FN3O5/c1-17(2)12-23-28(36)33-26(20-13-18-10-8-9-11-19(18)14-20)30(38)35(23)27(29(37)34-31(3,4)5)21-15-24(39-6)25(40-7)16-22(21)32/h8-11,15-17,20,23,26-27H,12-14H2,1-7H3,(H,33,36)(H,34,37)/t23-,26-,27-/m1/s1. The second kappa shape index (κ2) is 11.5. The lowest BCUT2D eigenvalue weighted by molar-refractivity contribution is -0.158. The molecule has 0 spiro atoms. The van der Waals surface area contributed by atoms with Crippen LogP contribution in [-0.4, -0.2) is 54.5 Å². The molecule has 0 aromatic heterocycles. The van der Waals surface area contributed by atoms with Gasteiger partial charge in [-0.25, -0.2) is 4.39 Å². The molecule has 0 saturated carbocycles. The van der Waals surface area contributed by atoms with Gasteiger partial charge in [-0.2, -0.15) is 0 Å². The number of fused-ring (bicyclic) bond motifs is 1. The lowest BCUT2D eigenvalue weighted by Gasteiger charge is -2.45. The third-order valence-corrected chi connectivity index (χ3v) is 7.53. The van der Waals surface area contributed by atoms with Crippen LogP contribution in [-0.2, 0) is 27.2 Å². The molecule has 1 aliphatic carbocycles. The number of benzene rings is 2. The first-order chi connectivity index (χ1) is 18.8. The van der Waals surface area contributed by atoms with Gasteiger partial charge in [-0.3, -0.25) is 14.4 Å². The highest BCUT2D eigenvalue weighted by molar-refractivity contribution is 6.00. The Labute approximate surface area is 235 Å². The zero-order valence-corrected chi connectivity index (χ0v) is 24.3.